The second-order valence-corrected chi connectivity index (χ2v) is 15.6. The molecule has 0 bridgehead atoms. The van der Waals surface area contributed by atoms with Gasteiger partial charge in [-0.2, -0.15) is 0 Å². The summed E-state index contributed by atoms with van der Waals surface area (Å²) in [5, 5.41) is 0. The van der Waals surface area contributed by atoms with Crippen molar-refractivity contribution in [1.82, 2.24) is 0 Å². The normalized spacial score (nSPS) is 12.5. The first-order valence-corrected chi connectivity index (χ1v) is 11.7. The third-order valence-corrected chi connectivity index (χ3v) is 11.6. The second kappa shape index (κ2) is 13.5. The van der Waals surface area contributed by atoms with E-state index >= 15 is 0 Å². The first kappa shape index (κ1) is 14.5. The standard InChI is InChI=1S/2C4H9O.O.2Sn.4H/c2*1-2-3-4-5;;;;;;;/h2*2-4H2,1H3;;;;;;;/q2*-1;;2*+1;;;;. The predicted octanol–water partition coefficient (Wildman–Crippen LogP) is 0.634. The van der Waals surface area contributed by atoms with E-state index in [0.717, 1.165) is 13.2 Å². The van der Waals surface area contributed by atoms with Crippen LogP contribution < -0.4 is 0 Å². The van der Waals surface area contributed by atoms with Gasteiger partial charge in [-0.25, -0.2) is 0 Å². The molecule has 13 heavy (non-hydrogen) atoms. The minimum absolute atomic E-state index is 0.910. The van der Waals surface area contributed by atoms with Crippen molar-refractivity contribution in [1.29, 1.82) is 0 Å². The molecule has 80 valence electrons. The summed E-state index contributed by atoms with van der Waals surface area (Å²) in [4.78, 5) is 0. The van der Waals surface area contributed by atoms with E-state index in [1.807, 2.05) is 0 Å². The van der Waals surface area contributed by atoms with Crippen LogP contribution in [-0.4, -0.2) is 57.2 Å². The second-order valence-electron chi connectivity index (χ2n) is 2.96. The molecule has 0 aromatic rings. The van der Waals surface area contributed by atoms with E-state index < -0.39 is 43.9 Å². The molecule has 0 atom stereocenters. The molecule has 3 nitrogen and oxygen atoms in total. The van der Waals surface area contributed by atoms with E-state index in [9.17, 15) is 0 Å². The molecule has 0 saturated carbocycles. The molecule has 0 aromatic carbocycles. The van der Waals surface area contributed by atoms with Crippen molar-refractivity contribution in [3.8, 4) is 0 Å². The van der Waals surface area contributed by atoms with Crippen LogP contribution in [0.15, 0.2) is 0 Å². The van der Waals surface area contributed by atoms with E-state index in [2.05, 4.69) is 13.8 Å². The van der Waals surface area contributed by atoms with Gasteiger partial charge < -0.3 is 0 Å². The molecule has 0 unspecified atom stereocenters. The van der Waals surface area contributed by atoms with Gasteiger partial charge >= 0.3 is 104 Å². The SMILES string of the molecule is CCCC[O][SnH2][O][SnH2][O]CCCC. The van der Waals surface area contributed by atoms with Crippen LogP contribution in [0.4, 0.5) is 0 Å². The zero-order valence-electron chi connectivity index (χ0n) is 8.88. The minimum atomic E-state index is -1.25. The molecule has 0 aliphatic rings. The Hall–Kier alpha value is 1.48. The summed E-state index contributed by atoms with van der Waals surface area (Å²) in [6.45, 7) is 6.17. The summed E-state index contributed by atoms with van der Waals surface area (Å²) in [5.41, 5.74) is 0. The van der Waals surface area contributed by atoms with Crippen LogP contribution in [0.1, 0.15) is 39.5 Å². The maximum absolute atomic E-state index is 5.50. The summed E-state index contributed by atoms with van der Waals surface area (Å²) < 4.78 is 16.4. The van der Waals surface area contributed by atoms with Gasteiger partial charge in [0, 0.05) is 0 Å². The van der Waals surface area contributed by atoms with E-state index in [1.54, 1.807) is 0 Å². The Morgan fingerprint density at radius 1 is 0.846 bits per heavy atom. The molecule has 0 heterocycles. The number of unbranched alkanes of at least 4 members (excludes halogenated alkanes) is 2. The zero-order chi connectivity index (χ0) is 9.78. The Kier molecular flexibility index (Phi) is 15.0. The van der Waals surface area contributed by atoms with Crippen molar-refractivity contribution in [3.63, 3.8) is 0 Å². The van der Waals surface area contributed by atoms with Crippen LogP contribution in [-0.2, 0) is 7.56 Å². The summed E-state index contributed by atoms with van der Waals surface area (Å²) in [6.07, 6.45) is 4.77. The van der Waals surface area contributed by atoms with Crippen molar-refractivity contribution in [2.45, 2.75) is 39.5 Å². The molecule has 0 saturated heterocycles. The Labute approximate surface area is 104 Å². The average molecular weight is 404 g/mol. The molecule has 0 spiro atoms. The molecule has 0 radical (unpaired) electrons. The van der Waals surface area contributed by atoms with Crippen molar-refractivity contribution >= 4 is 43.9 Å². The topological polar surface area (TPSA) is 27.7 Å². The Balaban J connectivity index is 2.76. The van der Waals surface area contributed by atoms with Gasteiger partial charge in [-0.3, -0.25) is 0 Å². The molecule has 0 fully saturated rings. The van der Waals surface area contributed by atoms with Crippen LogP contribution in [0.2, 0.25) is 0 Å². The third-order valence-electron chi connectivity index (χ3n) is 1.62. The average Bonchev–Trinajstić information content (AvgIpc) is 2.16. The number of hydrogen-bond donors (Lipinski definition) is 0. The molecular weight excluding hydrogens is 382 g/mol. The van der Waals surface area contributed by atoms with Gasteiger partial charge in [-0.1, -0.05) is 0 Å². The Bertz CT molecular complexity index is 83.5. The third kappa shape index (κ3) is 13.5. The molecular formula is C8H22O3Sn2. The van der Waals surface area contributed by atoms with Gasteiger partial charge in [0.05, 0.1) is 0 Å². The molecule has 0 amide bonds. The summed E-state index contributed by atoms with van der Waals surface area (Å²) in [6, 6.07) is 0. The summed E-state index contributed by atoms with van der Waals surface area (Å²) >= 11 is -2.50. The molecule has 0 aromatic heterocycles. The van der Waals surface area contributed by atoms with E-state index in [4.69, 9.17) is 7.56 Å². The molecule has 5 heteroatoms. The van der Waals surface area contributed by atoms with Gasteiger partial charge in [-0.15, -0.1) is 0 Å². The van der Waals surface area contributed by atoms with Crippen LogP contribution >= 0.6 is 0 Å². The van der Waals surface area contributed by atoms with Crippen molar-refractivity contribution < 1.29 is 7.56 Å². The van der Waals surface area contributed by atoms with Crippen molar-refractivity contribution in [3.05, 3.63) is 0 Å². The van der Waals surface area contributed by atoms with Crippen molar-refractivity contribution in [2.24, 2.45) is 0 Å². The maximum atomic E-state index is 5.50. The van der Waals surface area contributed by atoms with Crippen LogP contribution in [0.3, 0.4) is 0 Å². The van der Waals surface area contributed by atoms with Gasteiger partial charge in [0.2, 0.25) is 0 Å². The molecule has 0 aliphatic heterocycles. The van der Waals surface area contributed by atoms with Crippen LogP contribution in [0.25, 0.3) is 0 Å². The summed E-state index contributed by atoms with van der Waals surface area (Å²) in [7, 11) is 0. The first-order valence-electron chi connectivity index (χ1n) is 5.15. The summed E-state index contributed by atoms with van der Waals surface area (Å²) in [5.74, 6) is 0. The van der Waals surface area contributed by atoms with Gasteiger partial charge in [0.15, 0.2) is 0 Å². The van der Waals surface area contributed by atoms with Gasteiger partial charge in [0.25, 0.3) is 0 Å². The quantitative estimate of drug-likeness (QED) is 0.396. The number of rotatable bonds is 10. The monoisotopic (exact) mass is 406 g/mol. The fourth-order valence-electron chi connectivity index (χ4n) is 0.763. The molecule has 0 N–H and O–H groups in total. The first-order chi connectivity index (χ1) is 6.41. The predicted molar refractivity (Wildman–Crippen MR) is 59.9 cm³/mol. The van der Waals surface area contributed by atoms with E-state index in [0.29, 0.717) is 0 Å². The van der Waals surface area contributed by atoms with E-state index in [-0.39, 0.29) is 0 Å². The fourth-order valence-corrected chi connectivity index (χ4v) is 9.28. The molecule has 0 rings (SSSR count). The Morgan fingerprint density at radius 3 is 1.69 bits per heavy atom. The van der Waals surface area contributed by atoms with E-state index in [1.165, 1.54) is 25.7 Å². The Morgan fingerprint density at radius 2 is 1.31 bits per heavy atom. The van der Waals surface area contributed by atoms with Gasteiger partial charge in [0.1, 0.15) is 0 Å². The fraction of sp³-hybridized carbons (Fsp3) is 1.00. The van der Waals surface area contributed by atoms with Crippen LogP contribution in [0.5, 0.6) is 0 Å². The van der Waals surface area contributed by atoms with Crippen LogP contribution in [0, 0.1) is 0 Å². The molecule has 0 aliphatic carbocycles. The number of hydrogen-bond acceptors (Lipinski definition) is 3. The zero-order valence-corrected chi connectivity index (χ0v) is 17.0. The van der Waals surface area contributed by atoms with Gasteiger partial charge in [-0.05, 0) is 0 Å². The van der Waals surface area contributed by atoms with Crippen molar-refractivity contribution in [2.75, 3.05) is 13.2 Å².